The van der Waals surface area contributed by atoms with Crippen molar-refractivity contribution in [3.8, 4) is 0 Å². The lowest BCUT2D eigenvalue weighted by Crippen LogP contribution is -2.14. The van der Waals surface area contributed by atoms with Crippen molar-refractivity contribution in [2.24, 2.45) is 5.92 Å². The summed E-state index contributed by atoms with van der Waals surface area (Å²) in [5.41, 5.74) is 2.35. The first-order chi connectivity index (χ1) is 11.6. The molecule has 1 aliphatic rings. The van der Waals surface area contributed by atoms with E-state index in [0.717, 1.165) is 24.0 Å². The van der Waals surface area contributed by atoms with Gasteiger partial charge in [0.05, 0.1) is 17.6 Å². The molecule has 24 heavy (non-hydrogen) atoms. The quantitative estimate of drug-likeness (QED) is 0.587. The summed E-state index contributed by atoms with van der Waals surface area (Å²) in [4.78, 5) is 10.3. The highest BCUT2D eigenvalue weighted by molar-refractivity contribution is 5.33. The predicted octanol–water partition coefficient (Wildman–Crippen LogP) is 4.28. The maximum absolute atomic E-state index is 10.7. The minimum absolute atomic E-state index is 0.00525. The van der Waals surface area contributed by atoms with Crippen molar-refractivity contribution in [1.82, 2.24) is 0 Å². The molecule has 2 aromatic carbocycles. The van der Waals surface area contributed by atoms with Gasteiger partial charge < -0.3 is 9.47 Å². The van der Waals surface area contributed by atoms with Gasteiger partial charge in [-0.1, -0.05) is 42.5 Å². The molecule has 1 aliphatic heterocycles. The van der Waals surface area contributed by atoms with E-state index < -0.39 is 0 Å². The largest absolute Gasteiger partial charge is 0.352 e. The van der Waals surface area contributed by atoms with Gasteiger partial charge in [0, 0.05) is 18.6 Å². The lowest BCUT2D eigenvalue weighted by atomic mass is 9.98. The van der Waals surface area contributed by atoms with Crippen LogP contribution >= 0.6 is 0 Å². The summed E-state index contributed by atoms with van der Waals surface area (Å²) in [6.07, 6.45) is 1.49. The molecule has 0 aromatic heterocycles. The Balaban J connectivity index is 1.51. The third kappa shape index (κ3) is 4.19. The number of benzene rings is 2. The van der Waals surface area contributed by atoms with Crippen LogP contribution in [0.3, 0.4) is 0 Å². The third-order valence-electron chi connectivity index (χ3n) is 4.34. The Morgan fingerprint density at radius 3 is 2.58 bits per heavy atom. The van der Waals surface area contributed by atoms with E-state index >= 15 is 0 Å². The fourth-order valence-electron chi connectivity index (χ4n) is 3.01. The molecular weight excluding hydrogens is 306 g/mol. The molecule has 0 saturated carbocycles. The first-order valence-electron chi connectivity index (χ1n) is 8.17. The second-order valence-corrected chi connectivity index (χ2v) is 6.18. The summed E-state index contributed by atoms with van der Waals surface area (Å²) in [5.74, 6) is 0.374. The van der Waals surface area contributed by atoms with Gasteiger partial charge in [0.25, 0.3) is 5.69 Å². The van der Waals surface area contributed by atoms with Crippen LogP contribution < -0.4 is 0 Å². The average Bonchev–Trinajstić information content (AvgIpc) is 3.03. The van der Waals surface area contributed by atoms with Gasteiger partial charge in [-0.25, -0.2) is 0 Å². The van der Waals surface area contributed by atoms with Gasteiger partial charge in [-0.15, -0.1) is 0 Å². The van der Waals surface area contributed by atoms with Crippen molar-refractivity contribution in [3.05, 3.63) is 75.8 Å². The molecule has 0 N–H and O–H groups in total. The number of nitro benzene ring substituents is 1. The molecule has 5 nitrogen and oxygen atoms in total. The summed E-state index contributed by atoms with van der Waals surface area (Å²) >= 11 is 0. The van der Waals surface area contributed by atoms with Crippen LogP contribution in [-0.4, -0.2) is 17.8 Å². The Hall–Kier alpha value is -2.24. The second kappa shape index (κ2) is 7.55. The molecule has 0 radical (unpaired) electrons. The summed E-state index contributed by atoms with van der Waals surface area (Å²) in [5, 5.41) is 10.7. The van der Waals surface area contributed by atoms with Crippen molar-refractivity contribution < 1.29 is 14.4 Å². The molecule has 0 spiro atoms. The maximum atomic E-state index is 10.7. The van der Waals surface area contributed by atoms with Crippen molar-refractivity contribution >= 4 is 5.69 Å². The lowest BCUT2D eigenvalue weighted by Gasteiger charge is -2.18. The lowest BCUT2D eigenvalue weighted by molar-refractivity contribution is -0.384. The van der Waals surface area contributed by atoms with E-state index in [4.69, 9.17) is 9.47 Å². The standard InChI is InChI=1S/C19H21NO4/c1-14(17-5-3-2-4-6-17)24-19-12-16(13-23-19)11-15-7-9-18(10-8-15)20(21)22/h2-10,14,16,19H,11-13H2,1H3/t14-,16-,19-/m0/s1. The minimum Gasteiger partial charge on any atom is -0.352 e. The van der Waals surface area contributed by atoms with Gasteiger partial charge >= 0.3 is 0 Å². The van der Waals surface area contributed by atoms with Crippen LogP contribution in [-0.2, 0) is 15.9 Å². The van der Waals surface area contributed by atoms with Gasteiger partial charge in [-0.05, 0) is 30.4 Å². The smallest absolute Gasteiger partial charge is 0.269 e. The molecule has 126 valence electrons. The van der Waals surface area contributed by atoms with E-state index in [9.17, 15) is 10.1 Å². The van der Waals surface area contributed by atoms with Crippen LogP contribution in [0, 0.1) is 16.0 Å². The highest BCUT2D eigenvalue weighted by Gasteiger charge is 2.28. The molecule has 1 heterocycles. The summed E-state index contributed by atoms with van der Waals surface area (Å²) in [7, 11) is 0. The topological polar surface area (TPSA) is 61.6 Å². The van der Waals surface area contributed by atoms with Gasteiger partial charge in [0.2, 0.25) is 0 Å². The molecule has 1 saturated heterocycles. The summed E-state index contributed by atoms with van der Waals surface area (Å²) < 4.78 is 11.8. The van der Waals surface area contributed by atoms with Crippen LogP contribution in [0.2, 0.25) is 0 Å². The number of nitrogens with zero attached hydrogens (tertiary/aromatic N) is 1. The van der Waals surface area contributed by atoms with E-state index in [1.807, 2.05) is 49.4 Å². The number of hydrogen-bond donors (Lipinski definition) is 0. The number of hydrogen-bond acceptors (Lipinski definition) is 4. The van der Waals surface area contributed by atoms with Crippen LogP contribution in [0.4, 0.5) is 5.69 Å². The van der Waals surface area contributed by atoms with Gasteiger partial charge in [0.15, 0.2) is 6.29 Å². The number of rotatable bonds is 6. The highest BCUT2D eigenvalue weighted by atomic mass is 16.7. The van der Waals surface area contributed by atoms with E-state index in [1.54, 1.807) is 12.1 Å². The minimum atomic E-state index is -0.378. The van der Waals surface area contributed by atoms with Crippen LogP contribution in [0.25, 0.3) is 0 Å². The van der Waals surface area contributed by atoms with E-state index in [2.05, 4.69) is 0 Å². The summed E-state index contributed by atoms with van der Waals surface area (Å²) in [6, 6.07) is 16.8. The van der Waals surface area contributed by atoms with Crippen molar-refractivity contribution in [3.63, 3.8) is 0 Å². The molecule has 0 aliphatic carbocycles. The van der Waals surface area contributed by atoms with E-state index in [-0.39, 0.29) is 23.0 Å². The zero-order chi connectivity index (χ0) is 16.9. The van der Waals surface area contributed by atoms with Crippen LogP contribution in [0.5, 0.6) is 0 Å². The third-order valence-corrected chi connectivity index (χ3v) is 4.34. The van der Waals surface area contributed by atoms with E-state index in [1.165, 1.54) is 0 Å². The first-order valence-corrected chi connectivity index (χ1v) is 8.17. The van der Waals surface area contributed by atoms with Crippen LogP contribution in [0.1, 0.15) is 30.6 Å². The molecule has 2 aromatic rings. The Morgan fingerprint density at radius 2 is 1.92 bits per heavy atom. The molecule has 0 amide bonds. The Kier molecular flexibility index (Phi) is 5.23. The second-order valence-electron chi connectivity index (χ2n) is 6.18. The zero-order valence-corrected chi connectivity index (χ0v) is 13.6. The zero-order valence-electron chi connectivity index (χ0n) is 13.6. The van der Waals surface area contributed by atoms with Crippen molar-refractivity contribution in [2.75, 3.05) is 6.61 Å². The van der Waals surface area contributed by atoms with Crippen LogP contribution in [0.15, 0.2) is 54.6 Å². The SMILES string of the molecule is C[C@H](O[C@H]1C[C@H](Cc2ccc([N+](=O)[O-])cc2)CO1)c1ccccc1. The van der Waals surface area contributed by atoms with Gasteiger partial charge in [-0.2, -0.15) is 0 Å². The normalized spacial score (nSPS) is 21.5. The van der Waals surface area contributed by atoms with E-state index in [0.29, 0.717) is 12.5 Å². The Labute approximate surface area is 141 Å². The predicted molar refractivity (Wildman–Crippen MR) is 90.6 cm³/mol. The molecule has 0 unspecified atom stereocenters. The highest BCUT2D eigenvalue weighted by Crippen LogP contribution is 2.29. The molecule has 5 heteroatoms. The molecule has 3 rings (SSSR count). The summed E-state index contributed by atoms with van der Waals surface area (Å²) in [6.45, 7) is 2.69. The van der Waals surface area contributed by atoms with Gasteiger partial charge in [-0.3, -0.25) is 10.1 Å². The molecule has 3 atom stereocenters. The maximum Gasteiger partial charge on any atom is 0.269 e. The number of nitro groups is 1. The van der Waals surface area contributed by atoms with Crippen molar-refractivity contribution in [2.45, 2.75) is 32.2 Å². The number of non-ortho nitro benzene ring substituents is 1. The Bertz CT molecular complexity index is 672. The average molecular weight is 327 g/mol. The number of ether oxygens (including phenoxy) is 2. The van der Waals surface area contributed by atoms with Gasteiger partial charge in [0.1, 0.15) is 0 Å². The Morgan fingerprint density at radius 1 is 1.21 bits per heavy atom. The first kappa shape index (κ1) is 16.6. The fraction of sp³-hybridized carbons (Fsp3) is 0.368. The molecule has 0 bridgehead atoms. The monoisotopic (exact) mass is 327 g/mol. The molecular formula is C19H21NO4. The molecule has 1 fully saturated rings. The van der Waals surface area contributed by atoms with Crippen molar-refractivity contribution in [1.29, 1.82) is 0 Å². The fourth-order valence-corrected chi connectivity index (χ4v) is 3.01.